The molecule has 1 aromatic carbocycles. The molecule has 0 aliphatic heterocycles. The summed E-state index contributed by atoms with van der Waals surface area (Å²) in [5.74, 6) is -0.142. The number of benzene rings is 1. The van der Waals surface area contributed by atoms with Crippen molar-refractivity contribution in [1.29, 1.82) is 0 Å². The third-order valence-electron chi connectivity index (χ3n) is 3.74. The third-order valence-corrected chi connectivity index (χ3v) is 4.79. The Morgan fingerprint density at radius 2 is 2.00 bits per heavy atom. The van der Waals surface area contributed by atoms with E-state index in [1.807, 2.05) is 13.0 Å². The minimum Gasteiger partial charge on any atom is -0.341 e. The first-order chi connectivity index (χ1) is 13.7. The van der Waals surface area contributed by atoms with Crippen molar-refractivity contribution in [3.8, 4) is 10.4 Å². The van der Waals surface area contributed by atoms with Gasteiger partial charge in [-0.05, 0) is 36.2 Å². The van der Waals surface area contributed by atoms with Gasteiger partial charge in [-0.1, -0.05) is 6.07 Å². The summed E-state index contributed by atoms with van der Waals surface area (Å²) in [4.78, 5) is 23.8. The number of thiazole rings is 1. The van der Waals surface area contributed by atoms with Crippen LogP contribution < -0.4 is 16.0 Å². The minimum atomic E-state index is -4.54. The average molecular weight is 422 g/mol. The van der Waals surface area contributed by atoms with Crippen LogP contribution in [0.2, 0.25) is 0 Å². The number of amides is 2. The van der Waals surface area contributed by atoms with Crippen LogP contribution in [0, 0.1) is 6.92 Å². The number of halogens is 3. The second-order valence-corrected chi connectivity index (χ2v) is 7.14. The lowest BCUT2D eigenvalue weighted by Crippen LogP contribution is -2.31. The summed E-state index contributed by atoms with van der Waals surface area (Å²) >= 11 is 1.41. The highest BCUT2D eigenvalue weighted by Crippen LogP contribution is 2.31. The van der Waals surface area contributed by atoms with Crippen molar-refractivity contribution in [2.75, 3.05) is 12.4 Å². The van der Waals surface area contributed by atoms with Crippen molar-refractivity contribution in [3.63, 3.8) is 0 Å². The van der Waals surface area contributed by atoms with Crippen molar-refractivity contribution in [3.05, 3.63) is 52.9 Å². The smallest absolute Gasteiger partial charge is 0.341 e. The van der Waals surface area contributed by atoms with Gasteiger partial charge in [-0.15, -0.1) is 11.3 Å². The molecule has 0 spiro atoms. The number of nitrogens with zero attached hydrogens (tertiary/aromatic N) is 3. The Bertz CT molecular complexity index is 1020. The number of nitrogens with one attached hydrogen (secondary N) is 3. The van der Waals surface area contributed by atoms with E-state index in [-0.39, 0.29) is 12.0 Å². The number of carbonyl (C=O) groups excluding carboxylic acids is 1. The van der Waals surface area contributed by atoms with Gasteiger partial charge in [0.25, 0.3) is 0 Å². The van der Waals surface area contributed by atoms with Gasteiger partial charge in [-0.25, -0.2) is 19.7 Å². The first-order valence-electron chi connectivity index (χ1n) is 8.44. The summed E-state index contributed by atoms with van der Waals surface area (Å²) in [5.41, 5.74) is 1.27. The van der Waals surface area contributed by atoms with Crippen LogP contribution in [0.25, 0.3) is 10.4 Å². The molecule has 0 saturated carbocycles. The molecule has 0 aliphatic carbocycles. The van der Waals surface area contributed by atoms with Gasteiger partial charge in [0, 0.05) is 25.1 Å². The topological polar surface area (TPSA) is 91.8 Å². The zero-order chi connectivity index (χ0) is 21.0. The SMILES string of the molecule is CNC(=O)NCc1ncc(-c2cc(C)cc(Nc3nccc(C(F)(F)F)n3)c2)s1. The second-order valence-electron chi connectivity index (χ2n) is 6.03. The fraction of sp³-hybridized carbons (Fsp3) is 0.222. The molecule has 0 atom stereocenters. The first kappa shape index (κ1) is 20.5. The maximum atomic E-state index is 12.8. The molecule has 0 aliphatic rings. The Morgan fingerprint density at radius 1 is 1.21 bits per heavy atom. The van der Waals surface area contributed by atoms with E-state index in [1.165, 1.54) is 18.4 Å². The summed E-state index contributed by atoms with van der Waals surface area (Å²) in [5, 5.41) is 8.67. The predicted molar refractivity (Wildman–Crippen MR) is 104 cm³/mol. The molecule has 152 valence electrons. The van der Waals surface area contributed by atoms with Crippen LogP contribution in [0.1, 0.15) is 16.3 Å². The van der Waals surface area contributed by atoms with E-state index in [0.29, 0.717) is 12.2 Å². The average Bonchev–Trinajstić information content (AvgIpc) is 3.14. The summed E-state index contributed by atoms with van der Waals surface area (Å²) < 4.78 is 38.5. The molecule has 3 rings (SSSR count). The molecule has 2 amide bonds. The second kappa shape index (κ2) is 8.43. The van der Waals surface area contributed by atoms with Gasteiger partial charge in [0.1, 0.15) is 10.7 Å². The largest absolute Gasteiger partial charge is 0.433 e. The molecule has 0 saturated heterocycles. The Morgan fingerprint density at radius 3 is 2.72 bits per heavy atom. The van der Waals surface area contributed by atoms with Gasteiger partial charge in [0.05, 0.1) is 11.4 Å². The normalized spacial score (nSPS) is 11.2. The summed E-state index contributed by atoms with van der Waals surface area (Å²) in [6.45, 7) is 2.16. The Hall–Kier alpha value is -3.21. The predicted octanol–water partition coefficient (Wildman–Crippen LogP) is 4.10. The van der Waals surface area contributed by atoms with Gasteiger partial charge in [0.2, 0.25) is 5.95 Å². The van der Waals surface area contributed by atoms with Crippen molar-refractivity contribution in [1.82, 2.24) is 25.6 Å². The molecule has 29 heavy (non-hydrogen) atoms. The Kier molecular flexibility index (Phi) is 5.97. The maximum absolute atomic E-state index is 12.8. The third kappa shape index (κ3) is 5.41. The summed E-state index contributed by atoms with van der Waals surface area (Å²) in [7, 11) is 1.53. The molecule has 11 heteroatoms. The van der Waals surface area contributed by atoms with Crippen LogP contribution in [0.3, 0.4) is 0 Å². The number of aryl methyl sites for hydroxylation is 1. The monoisotopic (exact) mass is 422 g/mol. The standard InChI is InChI=1S/C18H17F3N6OS/c1-10-5-11(13-8-24-15(29-13)9-25-17(28)22-2)7-12(6-10)26-16-23-4-3-14(27-16)18(19,20)21/h3-8H,9H2,1-2H3,(H2,22,25,28)(H,23,26,27). The van der Waals surface area contributed by atoms with E-state index in [2.05, 4.69) is 30.9 Å². The molecule has 0 bridgehead atoms. The minimum absolute atomic E-state index is 0.142. The van der Waals surface area contributed by atoms with Crippen LogP contribution >= 0.6 is 11.3 Å². The Balaban J connectivity index is 1.80. The van der Waals surface area contributed by atoms with Crippen LogP contribution in [0.15, 0.2) is 36.7 Å². The van der Waals surface area contributed by atoms with Crippen molar-refractivity contribution in [2.45, 2.75) is 19.6 Å². The van der Waals surface area contributed by atoms with Crippen molar-refractivity contribution >= 4 is 29.0 Å². The first-order valence-corrected chi connectivity index (χ1v) is 9.26. The van der Waals surface area contributed by atoms with Crippen LogP contribution in [0.5, 0.6) is 0 Å². The van der Waals surface area contributed by atoms with E-state index in [1.54, 1.807) is 18.3 Å². The molecule has 0 unspecified atom stereocenters. The lowest BCUT2D eigenvalue weighted by atomic mass is 10.1. The zero-order valence-electron chi connectivity index (χ0n) is 15.5. The molecule has 3 aromatic rings. The van der Waals surface area contributed by atoms with Gasteiger partial charge >= 0.3 is 12.2 Å². The lowest BCUT2D eigenvalue weighted by molar-refractivity contribution is -0.141. The quantitative estimate of drug-likeness (QED) is 0.576. The van der Waals surface area contributed by atoms with Crippen LogP contribution in [-0.4, -0.2) is 28.0 Å². The highest BCUT2D eigenvalue weighted by Gasteiger charge is 2.32. The fourth-order valence-corrected chi connectivity index (χ4v) is 3.32. The summed E-state index contributed by atoms with van der Waals surface area (Å²) in [6.07, 6.45) is -1.80. The number of alkyl halides is 3. The van der Waals surface area contributed by atoms with E-state index in [0.717, 1.165) is 33.3 Å². The number of urea groups is 1. The maximum Gasteiger partial charge on any atom is 0.433 e. The molecule has 0 radical (unpaired) electrons. The number of aromatic nitrogens is 3. The fourth-order valence-electron chi connectivity index (χ4n) is 2.47. The molecular weight excluding hydrogens is 405 g/mol. The molecule has 2 aromatic heterocycles. The summed E-state index contributed by atoms with van der Waals surface area (Å²) in [6, 6.07) is 6.01. The number of anilines is 2. The highest BCUT2D eigenvalue weighted by atomic mass is 32.1. The van der Waals surface area contributed by atoms with Gasteiger partial charge < -0.3 is 16.0 Å². The van der Waals surface area contributed by atoms with E-state index in [9.17, 15) is 18.0 Å². The van der Waals surface area contributed by atoms with Gasteiger partial charge in [-0.3, -0.25) is 0 Å². The molecule has 3 N–H and O–H groups in total. The van der Waals surface area contributed by atoms with Gasteiger partial charge in [0.15, 0.2) is 0 Å². The van der Waals surface area contributed by atoms with Gasteiger partial charge in [-0.2, -0.15) is 13.2 Å². The Labute approximate surface area is 168 Å². The zero-order valence-corrected chi connectivity index (χ0v) is 16.3. The number of rotatable bonds is 5. The van der Waals surface area contributed by atoms with Crippen molar-refractivity contribution in [2.24, 2.45) is 0 Å². The molecule has 0 fully saturated rings. The van der Waals surface area contributed by atoms with E-state index >= 15 is 0 Å². The highest BCUT2D eigenvalue weighted by molar-refractivity contribution is 7.15. The number of carbonyl (C=O) groups is 1. The number of hydrogen-bond acceptors (Lipinski definition) is 6. The van der Waals surface area contributed by atoms with Crippen LogP contribution in [-0.2, 0) is 12.7 Å². The van der Waals surface area contributed by atoms with Crippen molar-refractivity contribution < 1.29 is 18.0 Å². The molecule has 7 nitrogen and oxygen atoms in total. The van der Waals surface area contributed by atoms with E-state index in [4.69, 9.17) is 0 Å². The molecule has 2 heterocycles. The molecular formula is C18H17F3N6OS. The number of hydrogen-bond donors (Lipinski definition) is 3. The lowest BCUT2D eigenvalue weighted by Gasteiger charge is -2.10. The van der Waals surface area contributed by atoms with Crippen LogP contribution in [0.4, 0.5) is 29.6 Å². The van der Waals surface area contributed by atoms with E-state index < -0.39 is 11.9 Å².